The average molecular weight is 279 g/mol. The van der Waals surface area contributed by atoms with E-state index in [-0.39, 0.29) is 5.54 Å². The lowest BCUT2D eigenvalue weighted by atomic mass is 9.75. The highest BCUT2D eigenvalue weighted by Crippen LogP contribution is 2.34. The van der Waals surface area contributed by atoms with E-state index in [1.54, 1.807) is 0 Å². The van der Waals surface area contributed by atoms with Gasteiger partial charge in [0, 0.05) is 0 Å². The average Bonchev–Trinajstić information content (AvgIpc) is 2.38. The largest absolute Gasteiger partial charge is 0.303 e. The fourth-order valence-corrected chi connectivity index (χ4v) is 3.25. The van der Waals surface area contributed by atoms with Gasteiger partial charge in [-0.15, -0.1) is 0 Å². The molecule has 0 aliphatic carbocycles. The summed E-state index contributed by atoms with van der Waals surface area (Å²) in [5.41, 5.74) is 0.106. The van der Waals surface area contributed by atoms with Crippen LogP contribution in [0.3, 0.4) is 0 Å². The molecule has 0 bridgehead atoms. The Balaban J connectivity index is 2.27. The minimum absolute atomic E-state index is 0.349. The van der Waals surface area contributed by atoms with E-state index in [0.29, 0.717) is 5.41 Å². The van der Waals surface area contributed by atoms with Crippen molar-refractivity contribution in [3.63, 3.8) is 0 Å². The van der Waals surface area contributed by atoms with Gasteiger partial charge in [-0.1, -0.05) is 27.7 Å². The molecule has 1 saturated heterocycles. The van der Waals surface area contributed by atoms with E-state index in [1.807, 2.05) is 6.92 Å². The molecule has 116 valence electrons. The van der Waals surface area contributed by atoms with Crippen LogP contribution in [-0.4, -0.2) is 36.6 Å². The van der Waals surface area contributed by atoms with E-state index in [9.17, 15) is 5.26 Å². The van der Waals surface area contributed by atoms with Crippen LogP contribution in [0.1, 0.15) is 60.3 Å². The highest BCUT2D eigenvalue weighted by molar-refractivity contribution is 5.03. The predicted molar refractivity (Wildman–Crippen MR) is 85.5 cm³/mol. The highest BCUT2D eigenvalue weighted by atomic mass is 15.1. The van der Waals surface area contributed by atoms with Crippen molar-refractivity contribution in [1.29, 1.82) is 5.26 Å². The van der Waals surface area contributed by atoms with Crippen molar-refractivity contribution in [3.8, 4) is 6.07 Å². The van der Waals surface area contributed by atoms with Gasteiger partial charge in [0.15, 0.2) is 0 Å². The van der Waals surface area contributed by atoms with Gasteiger partial charge in [-0.25, -0.2) is 0 Å². The summed E-state index contributed by atoms with van der Waals surface area (Å²) in [6.45, 7) is 15.6. The Kier molecular flexibility index (Phi) is 6.48. The first-order valence-electron chi connectivity index (χ1n) is 8.19. The van der Waals surface area contributed by atoms with Gasteiger partial charge in [0.05, 0.1) is 6.07 Å². The second-order valence-corrected chi connectivity index (χ2v) is 7.56. The van der Waals surface area contributed by atoms with Crippen LogP contribution in [0.4, 0.5) is 0 Å². The zero-order valence-corrected chi connectivity index (χ0v) is 14.1. The first kappa shape index (κ1) is 17.5. The van der Waals surface area contributed by atoms with E-state index in [0.717, 1.165) is 31.8 Å². The highest BCUT2D eigenvalue weighted by Gasteiger charge is 2.29. The molecule has 20 heavy (non-hydrogen) atoms. The molecule has 0 aromatic heterocycles. The summed E-state index contributed by atoms with van der Waals surface area (Å²) in [5, 5.41) is 12.5. The molecule has 0 aromatic carbocycles. The summed E-state index contributed by atoms with van der Waals surface area (Å²) < 4.78 is 0. The number of hydrogen-bond donors (Lipinski definition) is 1. The summed E-state index contributed by atoms with van der Waals surface area (Å²) in [6, 6.07) is 2.41. The molecule has 3 nitrogen and oxygen atoms in total. The molecular formula is C17H33N3. The van der Waals surface area contributed by atoms with E-state index >= 15 is 0 Å². The predicted octanol–water partition coefficient (Wildman–Crippen LogP) is 3.42. The van der Waals surface area contributed by atoms with Crippen molar-refractivity contribution < 1.29 is 0 Å². The molecule has 1 rings (SSSR count). The molecule has 1 N–H and O–H groups in total. The molecule has 1 fully saturated rings. The van der Waals surface area contributed by atoms with Crippen LogP contribution in [-0.2, 0) is 0 Å². The maximum Gasteiger partial charge on any atom is 0.103 e. The van der Waals surface area contributed by atoms with Gasteiger partial charge in [-0.2, -0.15) is 5.26 Å². The Bertz CT molecular complexity index is 318. The topological polar surface area (TPSA) is 39.1 Å². The Morgan fingerprint density at radius 2 is 1.80 bits per heavy atom. The molecule has 1 heterocycles. The third-order valence-electron chi connectivity index (χ3n) is 4.78. The first-order chi connectivity index (χ1) is 9.30. The van der Waals surface area contributed by atoms with Gasteiger partial charge < -0.3 is 4.90 Å². The van der Waals surface area contributed by atoms with Crippen molar-refractivity contribution in [2.45, 2.75) is 65.8 Å². The van der Waals surface area contributed by atoms with Crippen molar-refractivity contribution in [1.82, 2.24) is 10.2 Å². The van der Waals surface area contributed by atoms with E-state index < -0.39 is 0 Å². The minimum atomic E-state index is -0.349. The SMILES string of the molecule is CCNC(C)(C#N)CCCN1CCC(C(C)(C)C)CC1. The summed E-state index contributed by atoms with van der Waals surface area (Å²) in [4.78, 5) is 2.58. The van der Waals surface area contributed by atoms with E-state index in [4.69, 9.17) is 0 Å². The van der Waals surface area contributed by atoms with Crippen LogP contribution in [0.25, 0.3) is 0 Å². The van der Waals surface area contributed by atoms with Crippen molar-refractivity contribution in [2.75, 3.05) is 26.2 Å². The second-order valence-electron chi connectivity index (χ2n) is 7.56. The van der Waals surface area contributed by atoms with E-state index in [2.05, 4.69) is 44.0 Å². The number of likely N-dealkylation sites (tertiary alicyclic amines) is 1. The number of nitrogens with one attached hydrogen (secondary N) is 1. The van der Waals surface area contributed by atoms with Gasteiger partial charge in [-0.05, 0) is 70.1 Å². The third-order valence-corrected chi connectivity index (χ3v) is 4.78. The fraction of sp³-hybridized carbons (Fsp3) is 0.941. The number of hydrogen-bond acceptors (Lipinski definition) is 3. The molecule has 1 unspecified atom stereocenters. The zero-order valence-electron chi connectivity index (χ0n) is 14.1. The van der Waals surface area contributed by atoms with Gasteiger partial charge in [0.25, 0.3) is 0 Å². The molecular weight excluding hydrogens is 246 g/mol. The molecule has 0 aromatic rings. The lowest BCUT2D eigenvalue weighted by molar-refractivity contribution is 0.110. The Morgan fingerprint density at radius 1 is 1.20 bits per heavy atom. The smallest absolute Gasteiger partial charge is 0.103 e. The Morgan fingerprint density at radius 3 is 2.25 bits per heavy atom. The second kappa shape index (κ2) is 7.43. The summed E-state index contributed by atoms with van der Waals surface area (Å²) >= 11 is 0. The van der Waals surface area contributed by atoms with Crippen molar-refractivity contribution in [2.24, 2.45) is 11.3 Å². The summed E-state index contributed by atoms with van der Waals surface area (Å²) in [6.07, 6.45) is 4.70. The van der Waals surface area contributed by atoms with Crippen LogP contribution in [0.5, 0.6) is 0 Å². The van der Waals surface area contributed by atoms with Crippen molar-refractivity contribution in [3.05, 3.63) is 0 Å². The standard InChI is InChI=1S/C17H33N3/c1-6-19-17(5,14-18)10-7-11-20-12-8-15(9-13-20)16(2,3)4/h15,19H,6-13H2,1-5H3. The van der Waals surface area contributed by atoms with Gasteiger partial charge in [0.1, 0.15) is 5.54 Å². The monoisotopic (exact) mass is 279 g/mol. The maximum atomic E-state index is 9.25. The lowest BCUT2D eigenvalue weighted by Crippen LogP contribution is -2.42. The Hall–Kier alpha value is -0.590. The number of piperidine rings is 1. The van der Waals surface area contributed by atoms with Crippen molar-refractivity contribution >= 4 is 0 Å². The maximum absolute atomic E-state index is 9.25. The van der Waals surface area contributed by atoms with Gasteiger partial charge in [-0.3, -0.25) is 5.32 Å². The van der Waals surface area contributed by atoms with Crippen LogP contribution < -0.4 is 5.32 Å². The lowest BCUT2D eigenvalue weighted by Gasteiger charge is -2.39. The first-order valence-corrected chi connectivity index (χ1v) is 8.19. The summed E-state index contributed by atoms with van der Waals surface area (Å²) in [5.74, 6) is 0.866. The summed E-state index contributed by atoms with van der Waals surface area (Å²) in [7, 11) is 0. The molecule has 1 atom stereocenters. The molecule has 1 aliphatic heterocycles. The van der Waals surface area contributed by atoms with E-state index in [1.165, 1.54) is 25.9 Å². The van der Waals surface area contributed by atoms with Crippen LogP contribution in [0.15, 0.2) is 0 Å². The number of nitrogens with zero attached hydrogens (tertiary/aromatic N) is 2. The Labute approximate surface area is 125 Å². The molecule has 0 amide bonds. The van der Waals surface area contributed by atoms with Crippen LogP contribution in [0, 0.1) is 22.7 Å². The molecule has 1 aliphatic rings. The number of rotatable bonds is 6. The van der Waals surface area contributed by atoms with Crippen LogP contribution in [0.2, 0.25) is 0 Å². The molecule has 0 saturated carbocycles. The fourth-order valence-electron chi connectivity index (χ4n) is 3.25. The zero-order chi connectivity index (χ0) is 15.2. The molecule has 0 spiro atoms. The van der Waals surface area contributed by atoms with Crippen LogP contribution >= 0.6 is 0 Å². The van der Waals surface area contributed by atoms with Gasteiger partial charge in [0.2, 0.25) is 0 Å². The third kappa shape index (κ3) is 5.42. The normalized spacial score (nSPS) is 21.4. The molecule has 0 radical (unpaired) electrons. The quantitative estimate of drug-likeness (QED) is 0.810. The minimum Gasteiger partial charge on any atom is -0.303 e. The van der Waals surface area contributed by atoms with Gasteiger partial charge >= 0.3 is 0 Å². The molecule has 3 heteroatoms. The number of nitriles is 1.